The second-order valence-corrected chi connectivity index (χ2v) is 10.4. The van der Waals surface area contributed by atoms with Crippen molar-refractivity contribution in [3.8, 4) is 11.5 Å². The maximum absolute atomic E-state index is 13.5. The van der Waals surface area contributed by atoms with Gasteiger partial charge in [-0.3, -0.25) is 19.4 Å². The number of ether oxygens (including phenoxy) is 2. The van der Waals surface area contributed by atoms with E-state index in [1.807, 2.05) is 48.5 Å². The van der Waals surface area contributed by atoms with Crippen LogP contribution in [0.4, 0.5) is 11.4 Å². The highest BCUT2D eigenvalue weighted by molar-refractivity contribution is 8.14. The Morgan fingerprint density at radius 3 is 2.56 bits per heavy atom. The molecule has 210 valence electrons. The summed E-state index contributed by atoms with van der Waals surface area (Å²) in [4.78, 5) is 49.8. The van der Waals surface area contributed by atoms with Crippen molar-refractivity contribution in [1.82, 2.24) is 10.2 Å². The number of carbonyl (C=O) groups excluding carboxylic acids is 3. The van der Waals surface area contributed by atoms with Crippen LogP contribution in [0.2, 0.25) is 5.02 Å². The van der Waals surface area contributed by atoms with Crippen LogP contribution < -0.4 is 20.1 Å². The molecule has 2 N–H and O–H groups in total. The zero-order valence-corrected chi connectivity index (χ0v) is 23.8. The third-order valence-corrected chi connectivity index (χ3v) is 7.54. The van der Waals surface area contributed by atoms with Crippen LogP contribution in [0.3, 0.4) is 0 Å². The molecule has 0 spiro atoms. The molecule has 0 saturated heterocycles. The van der Waals surface area contributed by atoms with E-state index in [-0.39, 0.29) is 36.4 Å². The molecule has 0 bridgehead atoms. The number of hydrogen-bond donors (Lipinski definition) is 2. The number of carbonyl (C=O) groups is 3. The summed E-state index contributed by atoms with van der Waals surface area (Å²) in [5.41, 5.74) is 2.55. The summed E-state index contributed by atoms with van der Waals surface area (Å²) in [6.07, 6.45) is -0.136. The van der Waals surface area contributed by atoms with Gasteiger partial charge in [-0.05, 0) is 36.4 Å². The molecular weight excluding hydrogens is 566 g/mol. The number of benzene rings is 3. The van der Waals surface area contributed by atoms with E-state index in [1.54, 1.807) is 25.3 Å². The van der Waals surface area contributed by atoms with Crippen LogP contribution in [0.15, 0.2) is 76.7 Å². The van der Waals surface area contributed by atoms with Crippen LogP contribution in [-0.2, 0) is 20.9 Å². The lowest BCUT2D eigenvalue weighted by atomic mass is 10.1. The van der Waals surface area contributed by atoms with Crippen molar-refractivity contribution < 1.29 is 23.9 Å². The number of fused-ring (bicyclic) bond motifs is 3. The molecule has 3 aromatic rings. The van der Waals surface area contributed by atoms with Gasteiger partial charge in [0.25, 0.3) is 5.91 Å². The van der Waals surface area contributed by atoms with Crippen molar-refractivity contribution in [3.63, 3.8) is 0 Å². The molecule has 0 saturated carbocycles. The third kappa shape index (κ3) is 6.21. The van der Waals surface area contributed by atoms with Crippen LogP contribution in [0.25, 0.3) is 0 Å². The minimum absolute atomic E-state index is 0.0439. The second-order valence-electron chi connectivity index (χ2n) is 9.03. The number of amides is 3. The van der Waals surface area contributed by atoms with Crippen molar-refractivity contribution >= 4 is 63.5 Å². The first kappa shape index (κ1) is 28.2. The number of amidine groups is 2. The zero-order chi connectivity index (χ0) is 28.9. The fourth-order valence-electron chi connectivity index (χ4n) is 4.42. The van der Waals surface area contributed by atoms with Crippen LogP contribution in [0.1, 0.15) is 17.5 Å². The average molecular weight is 592 g/mol. The Balaban J connectivity index is 1.28. The topological polar surface area (TPSA) is 122 Å². The summed E-state index contributed by atoms with van der Waals surface area (Å²) in [5, 5.41) is 6.38. The van der Waals surface area contributed by atoms with Gasteiger partial charge in [0.1, 0.15) is 23.4 Å². The summed E-state index contributed by atoms with van der Waals surface area (Å²) in [6.45, 7) is 0.252. The predicted molar refractivity (Wildman–Crippen MR) is 159 cm³/mol. The Morgan fingerprint density at radius 2 is 1.76 bits per heavy atom. The number of hydrogen-bond acceptors (Lipinski definition) is 8. The molecule has 0 radical (unpaired) electrons. The van der Waals surface area contributed by atoms with Crippen LogP contribution in [0, 0.1) is 0 Å². The summed E-state index contributed by atoms with van der Waals surface area (Å²) in [5.74, 6) is 0.439. The number of nitrogens with zero attached hydrogens (tertiary/aromatic N) is 3. The van der Waals surface area contributed by atoms with Gasteiger partial charge >= 0.3 is 0 Å². The first-order valence-corrected chi connectivity index (χ1v) is 14.0. The smallest absolute Gasteiger partial charge is 0.259 e. The van der Waals surface area contributed by atoms with Crippen molar-refractivity contribution in [2.45, 2.75) is 19.0 Å². The second kappa shape index (κ2) is 12.4. The molecule has 2 aliphatic heterocycles. The number of anilines is 1. The first-order valence-electron chi connectivity index (χ1n) is 12.6. The molecule has 0 fully saturated rings. The highest BCUT2D eigenvalue weighted by atomic mass is 35.5. The zero-order valence-electron chi connectivity index (χ0n) is 22.2. The molecule has 2 heterocycles. The van der Waals surface area contributed by atoms with Crippen LogP contribution >= 0.6 is 23.4 Å². The fourth-order valence-corrected chi connectivity index (χ4v) is 5.39. The van der Waals surface area contributed by atoms with E-state index in [4.69, 9.17) is 21.1 Å². The number of para-hydroxylation sites is 2. The molecule has 12 heteroatoms. The van der Waals surface area contributed by atoms with Gasteiger partial charge in [0.2, 0.25) is 11.8 Å². The van der Waals surface area contributed by atoms with E-state index in [0.717, 1.165) is 17.3 Å². The van der Waals surface area contributed by atoms with E-state index in [9.17, 15) is 14.4 Å². The SMILES string of the molecule is COc1ccccc1CNC(=O)C[C@@H]1N=C2c3ccccc3N=C(SCC(=O)Nc3cc(Cl)ccc3OC)N2C1=O. The summed E-state index contributed by atoms with van der Waals surface area (Å²) in [6, 6.07) is 18.7. The first-order chi connectivity index (χ1) is 19.9. The molecule has 0 unspecified atom stereocenters. The molecule has 10 nitrogen and oxygen atoms in total. The van der Waals surface area contributed by atoms with Gasteiger partial charge in [-0.1, -0.05) is 53.7 Å². The lowest BCUT2D eigenvalue weighted by Crippen LogP contribution is -2.42. The number of aliphatic imine (C=N–C) groups is 2. The summed E-state index contributed by atoms with van der Waals surface area (Å²) >= 11 is 7.17. The van der Waals surface area contributed by atoms with Gasteiger partial charge in [-0.15, -0.1) is 0 Å². The number of nitrogens with one attached hydrogen (secondary N) is 2. The standard InChI is InChI=1S/C29H26ClN5O5S/c1-39-23-10-6-3-7-17(23)15-31-25(36)14-22-28(38)35-27(33-22)19-8-4-5-9-20(19)34-29(35)41-16-26(37)32-21-13-18(30)11-12-24(21)40-2/h3-13,22H,14-16H2,1-2H3,(H,31,36)(H,32,37)/t22-/m0/s1. The van der Waals surface area contributed by atoms with Crippen molar-refractivity contribution in [1.29, 1.82) is 0 Å². The van der Waals surface area contributed by atoms with Gasteiger partial charge in [-0.2, -0.15) is 0 Å². The number of thioether (sulfide) groups is 1. The molecule has 1 atom stereocenters. The van der Waals surface area contributed by atoms with Gasteiger partial charge < -0.3 is 20.1 Å². The number of rotatable bonds is 9. The molecule has 41 heavy (non-hydrogen) atoms. The fraction of sp³-hybridized carbons (Fsp3) is 0.207. The van der Waals surface area contributed by atoms with Crippen molar-refractivity contribution in [2.75, 3.05) is 25.3 Å². The highest BCUT2D eigenvalue weighted by Gasteiger charge is 2.42. The van der Waals surface area contributed by atoms with E-state index < -0.39 is 6.04 Å². The quantitative estimate of drug-likeness (QED) is 0.381. The molecule has 3 aromatic carbocycles. The van der Waals surface area contributed by atoms with Crippen LogP contribution in [-0.4, -0.2) is 59.6 Å². The average Bonchev–Trinajstić information content (AvgIpc) is 3.31. The minimum atomic E-state index is -0.927. The molecule has 0 aliphatic carbocycles. The minimum Gasteiger partial charge on any atom is -0.496 e. The molecule has 2 aliphatic rings. The Hall–Kier alpha value is -4.35. The Bertz CT molecular complexity index is 1580. The molecular formula is C29H26ClN5O5S. The van der Waals surface area contributed by atoms with Crippen molar-refractivity contribution in [3.05, 3.63) is 82.9 Å². The maximum atomic E-state index is 13.5. The van der Waals surface area contributed by atoms with E-state index in [1.165, 1.54) is 12.0 Å². The van der Waals surface area contributed by atoms with Gasteiger partial charge in [-0.25, -0.2) is 9.89 Å². The molecule has 5 rings (SSSR count). The summed E-state index contributed by atoms with van der Waals surface area (Å²) < 4.78 is 10.6. The van der Waals surface area contributed by atoms with Gasteiger partial charge in [0.15, 0.2) is 5.17 Å². The highest BCUT2D eigenvalue weighted by Crippen LogP contribution is 2.34. The lowest BCUT2D eigenvalue weighted by molar-refractivity contribution is -0.128. The van der Waals surface area contributed by atoms with Gasteiger partial charge in [0.05, 0.1) is 37.8 Å². The van der Waals surface area contributed by atoms with Gasteiger partial charge in [0, 0.05) is 22.7 Å². The van der Waals surface area contributed by atoms with Crippen LogP contribution in [0.5, 0.6) is 11.5 Å². The molecule has 3 amide bonds. The Labute approximate surface area is 245 Å². The normalized spacial score (nSPS) is 15.3. The van der Waals surface area contributed by atoms with E-state index in [2.05, 4.69) is 20.6 Å². The summed E-state index contributed by atoms with van der Waals surface area (Å²) in [7, 11) is 3.06. The van der Waals surface area contributed by atoms with Crippen molar-refractivity contribution in [2.24, 2.45) is 9.98 Å². The maximum Gasteiger partial charge on any atom is 0.259 e. The Morgan fingerprint density at radius 1 is 1.00 bits per heavy atom. The number of methoxy groups -OCH3 is 2. The predicted octanol–water partition coefficient (Wildman–Crippen LogP) is 4.39. The lowest BCUT2D eigenvalue weighted by Gasteiger charge is -2.25. The van der Waals surface area contributed by atoms with E-state index in [0.29, 0.717) is 44.5 Å². The largest absolute Gasteiger partial charge is 0.496 e. The third-order valence-electron chi connectivity index (χ3n) is 6.36. The molecule has 0 aromatic heterocycles. The monoisotopic (exact) mass is 591 g/mol. The Kier molecular flexibility index (Phi) is 8.55. The van der Waals surface area contributed by atoms with E-state index >= 15 is 0 Å². The number of halogens is 1.